The molecule has 1 aliphatic heterocycles. The van der Waals surface area contributed by atoms with E-state index in [1.165, 1.54) is 4.88 Å². The van der Waals surface area contributed by atoms with Crippen LogP contribution in [0.4, 0.5) is 5.13 Å². The van der Waals surface area contributed by atoms with Crippen LogP contribution in [0.1, 0.15) is 36.5 Å². The van der Waals surface area contributed by atoms with Crippen molar-refractivity contribution in [3.63, 3.8) is 0 Å². The summed E-state index contributed by atoms with van der Waals surface area (Å²) in [5, 5.41) is 4.98. The van der Waals surface area contributed by atoms with Crippen molar-refractivity contribution in [1.29, 1.82) is 0 Å². The molecule has 1 fully saturated rings. The van der Waals surface area contributed by atoms with Crippen LogP contribution in [0.3, 0.4) is 0 Å². The van der Waals surface area contributed by atoms with Crippen molar-refractivity contribution in [3.8, 4) is 0 Å². The van der Waals surface area contributed by atoms with Gasteiger partial charge in [0.2, 0.25) is 5.89 Å². The topological polar surface area (TPSA) is 67.5 Å². The summed E-state index contributed by atoms with van der Waals surface area (Å²) in [6, 6.07) is 0.0175. The van der Waals surface area contributed by atoms with E-state index in [2.05, 4.69) is 38.8 Å². The summed E-state index contributed by atoms with van der Waals surface area (Å²) in [6.45, 7) is 11.1. The molecule has 1 atom stereocenters. The monoisotopic (exact) mass is 337 g/mol. The van der Waals surface area contributed by atoms with Crippen molar-refractivity contribution in [3.05, 3.63) is 22.8 Å². The molecule has 0 saturated carbocycles. The molecule has 1 saturated heterocycles. The molecule has 0 aromatic carbocycles. The normalized spacial score (nSPS) is 19.2. The molecule has 23 heavy (non-hydrogen) atoms. The third-order valence-corrected chi connectivity index (χ3v) is 5.04. The Kier molecular flexibility index (Phi) is 5.24. The number of thiazole rings is 1. The van der Waals surface area contributed by atoms with Gasteiger partial charge in [0.15, 0.2) is 11.0 Å². The first-order chi connectivity index (χ1) is 11.2. The highest BCUT2D eigenvalue weighted by Crippen LogP contribution is 2.28. The zero-order chi connectivity index (χ0) is 16.2. The van der Waals surface area contributed by atoms with Crippen molar-refractivity contribution in [2.45, 2.75) is 33.4 Å². The van der Waals surface area contributed by atoms with E-state index in [1.54, 1.807) is 11.3 Å². The van der Waals surface area contributed by atoms with Crippen LogP contribution in [0.2, 0.25) is 0 Å². The summed E-state index contributed by atoms with van der Waals surface area (Å²) >= 11 is 1.75. The molecule has 2 aromatic rings. The van der Waals surface area contributed by atoms with Crippen LogP contribution in [0.25, 0.3) is 0 Å². The second kappa shape index (κ2) is 7.37. The Morgan fingerprint density at radius 1 is 1.39 bits per heavy atom. The highest BCUT2D eigenvalue weighted by Gasteiger charge is 2.29. The number of hydrogen-bond donors (Lipinski definition) is 0. The first-order valence-electron chi connectivity index (χ1n) is 8.03. The fourth-order valence-corrected chi connectivity index (χ4v) is 3.78. The molecule has 0 unspecified atom stereocenters. The molecule has 3 rings (SSSR count). The molecule has 0 amide bonds. The zero-order valence-electron chi connectivity index (χ0n) is 13.9. The van der Waals surface area contributed by atoms with Crippen LogP contribution < -0.4 is 4.90 Å². The lowest BCUT2D eigenvalue weighted by molar-refractivity contribution is -0.0236. The lowest BCUT2D eigenvalue weighted by Gasteiger charge is -2.32. The molecule has 2 aromatic heterocycles. The van der Waals surface area contributed by atoms with E-state index in [0.29, 0.717) is 18.3 Å². The Labute approximate surface area is 140 Å². The van der Waals surface area contributed by atoms with Gasteiger partial charge in [0.05, 0.1) is 13.2 Å². The quantitative estimate of drug-likeness (QED) is 0.801. The average Bonchev–Trinajstić information content (AvgIpc) is 3.19. The number of nitrogens with zero attached hydrogens (tertiary/aromatic N) is 5. The summed E-state index contributed by atoms with van der Waals surface area (Å²) in [6.07, 6.45) is 1.98. The van der Waals surface area contributed by atoms with Gasteiger partial charge in [-0.25, -0.2) is 4.98 Å². The van der Waals surface area contributed by atoms with E-state index in [4.69, 9.17) is 9.26 Å². The van der Waals surface area contributed by atoms with E-state index in [-0.39, 0.29) is 6.04 Å². The molecule has 0 bridgehead atoms. The molecule has 8 heteroatoms. The number of aromatic nitrogens is 3. The van der Waals surface area contributed by atoms with Gasteiger partial charge in [-0.3, -0.25) is 4.90 Å². The minimum atomic E-state index is 0.0175. The Morgan fingerprint density at radius 2 is 2.22 bits per heavy atom. The molecule has 1 aliphatic rings. The summed E-state index contributed by atoms with van der Waals surface area (Å²) < 4.78 is 10.9. The van der Waals surface area contributed by atoms with Gasteiger partial charge < -0.3 is 14.2 Å². The van der Waals surface area contributed by atoms with Crippen LogP contribution in [0.15, 0.2) is 10.7 Å². The van der Waals surface area contributed by atoms with Crippen LogP contribution in [0.5, 0.6) is 0 Å². The number of anilines is 1. The molecular formula is C15H23N5O2S. The van der Waals surface area contributed by atoms with Gasteiger partial charge in [0, 0.05) is 37.3 Å². The number of morpholine rings is 1. The van der Waals surface area contributed by atoms with Crippen molar-refractivity contribution >= 4 is 16.5 Å². The van der Waals surface area contributed by atoms with Gasteiger partial charge in [-0.1, -0.05) is 5.16 Å². The maximum absolute atomic E-state index is 5.60. The SMILES string of the molecule is CCN(CC)c1ncc(CN2CCOC[C@H]2c2nc(C)no2)s1. The van der Waals surface area contributed by atoms with Crippen LogP contribution >= 0.6 is 11.3 Å². The Hall–Kier alpha value is -1.51. The highest BCUT2D eigenvalue weighted by molar-refractivity contribution is 7.15. The lowest BCUT2D eigenvalue weighted by atomic mass is 10.2. The van der Waals surface area contributed by atoms with Crippen molar-refractivity contribution in [2.75, 3.05) is 37.7 Å². The Bertz CT molecular complexity index is 625. The van der Waals surface area contributed by atoms with Crippen LogP contribution in [0, 0.1) is 6.92 Å². The standard InChI is InChI=1S/C15H23N5O2S/c1-4-19(5-2)15-16-8-12(23-15)9-20-6-7-21-10-13(20)14-17-11(3)18-22-14/h8,13H,4-7,9-10H2,1-3H3/t13-/m0/s1. The summed E-state index contributed by atoms with van der Waals surface area (Å²) in [7, 11) is 0. The van der Waals surface area contributed by atoms with Gasteiger partial charge in [-0.2, -0.15) is 4.98 Å². The number of aryl methyl sites for hydroxylation is 1. The lowest BCUT2D eigenvalue weighted by Crippen LogP contribution is -2.39. The molecule has 7 nitrogen and oxygen atoms in total. The molecule has 3 heterocycles. The number of rotatable bonds is 6. The fourth-order valence-electron chi connectivity index (χ4n) is 2.71. The molecule has 0 spiro atoms. The van der Waals surface area contributed by atoms with Crippen LogP contribution in [-0.2, 0) is 11.3 Å². The second-order valence-electron chi connectivity index (χ2n) is 5.52. The van der Waals surface area contributed by atoms with Gasteiger partial charge in [-0.05, 0) is 20.8 Å². The predicted octanol–water partition coefficient (Wildman–Crippen LogP) is 2.25. The maximum atomic E-state index is 5.60. The Balaban J connectivity index is 1.72. The number of hydrogen-bond acceptors (Lipinski definition) is 8. The largest absolute Gasteiger partial charge is 0.378 e. The molecule has 0 N–H and O–H groups in total. The smallest absolute Gasteiger partial charge is 0.246 e. The van der Waals surface area contributed by atoms with Crippen molar-refractivity contribution in [2.24, 2.45) is 0 Å². The molecule has 0 radical (unpaired) electrons. The minimum Gasteiger partial charge on any atom is -0.378 e. The maximum Gasteiger partial charge on any atom is 0.246 e. The Morgan fingerprint density at radius 3 is 2.91 bits per heavy atom. The van der Waals surface area contributed by atoms with Crippen molar-refractivity contribution in [1.82, 2.24) is 20.0 Å². The third kappa shape index (κ3) is 3.70. The van der Waals surface area contributed by atoms with Gasteiger partial charge in [0.1, 0.15) is 6.04 Å². The second-order valence-corrected chi connectivity index (χ2v) is 6.62. The molecule has 126 valence electrons. The van der Waals surface area contributed by atoms with E-state index < -0.39 is 0 Å². The minimum absolute atomic E-state index is 0.0175. The molecular weight excluding hydrogens is 314 g/mol. The average molecular weight is 337 g/mol. The third-order valence-electron chi connectivity index (χ3n) is 4.00. The predicted molar refractivity (Wildman–Crippen MR) is 88.7 cm³/mol. The van der Waals surface area contributed by atoms with Gasteiger partial charge in [0.25, 0.3) is 0 Å². The van der Waals surface area contributed by atoms with E-state index >= 15 is 0 Å². The van der Waals surface area contributed by atoms with E-state index in [9.17, 15) is 0 Å². The number of ether oxygens (including phenoxy) is 1. The fraction of sp³-hybridized carbons (Fsp3) is 0.667. The summed E-state index contributed by atoms with van der Waals surface area (Å²) in [5.74, 6) is 1.29. The van der Waals surface area contributed by atoms with Gasteiger partial charge >= 0.3 is 0 Å². The van der Waals surface area contributed by atoms with E-state index in [0.717, 1.165) is 37.9 Å². The van der Waals surface area contributed by atoms with E-state index in [1.807, 2.05) is 13.1 Å². The summed E-state index contributed by atoms with van der Waals surface area (Å²) in [4.78, 5) is 14.8. The first-order valence-corrected chi connectivity index (χ1v) is 8.84. The zero-order valence-corrected chi connectivity index (χ0v) is 14.7. The summed E-state index contributed by atoms with van der Waals surface area (Å²) in [5.41, 5.74) is 0. The van der Waals surface area contributed by atoms with Crippen LogP contribution in [-0.4, -0.2) is 52.9 Å². The van der Waals surface area contributed by atoms with Crippen molar-refractivity contribution < 1.29 is 9.26 Å². The highest BCUT2D eigenvalue weighted by atomic mass is 32.1. The molecule has 0 aliphatic carbocycles. The first kappa shape index (κ1) is 16.4. The van der Waals surface area contributed by atoms with Gasteiger partial charge in [-0.15, -0.1) is 11.3 Å².